The number of hydrogen-bond acceptors (Lipinski definition) is 2. The molecular formula is C34H35ClF3NO. The van der Waals surface area contributed by atoms with Gasteiger partial charge < -0.3 is 4.74 Å². The monoisotopic (exact) mass is 565 g/mol. The quantitative estimate of drug-likeness (QED) is 0.159. The highest BCUT2D eigenvalue weighted by Gasteiger charge is 2.34. The maximum absolute atomic E-state index is 13.6. The van der Waals surface area contributed by atoms with Crippen LogP contribution >= 0.6 is 11.6 Å². The minimum Gasteiger partial charge on any atom is -0.494 e. The molecule has 0 amide bonds. The van der Waals surface area contributed by atoms with Gasteiger partial charge >= 0.3 is 6.18 Å². The minimum absolute atomic E-state index is 0.0376. The molecule has 0 radical (unpaired) electrons. The Kier molecular flexibility index (Phi) is 10.3. The molecule has 0 bridgehead atoms. The van der Waals surface area contributed by atoms with E-state index in [9.17, 15) is 13.2 Å². The predicted molar refractivity (Wildman–Crippen MR) is 157 cm³/mol. The number of nitrogens with zero attached hydrogens (tertiary/aromatic N) is 1. The lowest BCUT2D eigenvalue weighted by molar-refractivity contribution is -0.137. The first kappa shape index (κ1) is 29.7. The van der Waals surface area contributed by atoms with E-state index in [2.05, 4.69) is 55.1 Å². The molecule has 0 heterocycles. The van der Waals surface area contributed by atoms with Crippen molar-refractivity contribution in [3.63, 3.8) is 0 Å². The summed E-state index contributed by atoms with van der Waals surface area (Å²) >= 11 is 6.32. The van der Waals surface area contributed by atoms with Crippen molar-refractivity contribution in [3.8, 4) is 5.75 Å². The van der Waals surface area contributed by atoms with Gasteiger partial charge in [0.25, 0.3) is 0 Å². The van der Waals surface area contributed by atoms with Gasteiger partial charge in [-0.3, -0.25) is 4.90 Å². The van der Waals surface area contributed by atoms with Gasteiger partial charge in [-0.25, -0.2) is 0 Å². The fourth-order valence-electron chi connectivity index (χ4n) is 4.87. The van der Waals surface area contributed by atoms with Crippen molar-refractivity contribution >= 4 is 11.6 Å². The number of ether oxygens (including phenoxy) is 1. The Labute approximate surface area is 240 Å². The molecule has 0 saturated carbocycles. The average molecular weight is 566 g/mol. The van der Waals surface area contributed by atoms with Crippen molar-refractivity contribution in [1.29, 1.82) is 0 Å². The lowest BCUT2D eigenvalue weighted by Gasteiger charge is -2.29. The van der Waals surface area contributed by atoms with Gasteiger partial charge in [-0.2, -0.15) is 13.2 Å². The van der Waals surface area contributed by atoms with Crippen LogP contribution < -0.4 is 4.74 Å². The van der Waals surface area contributed by atoms with E-state index in [1.54, 1.807) is 6.07 Å². The standard InChI is InChI=1S/C34H35ClF3NO/c1-25(2)28-16-9-18-30(22-28)40-21-11-20-39(23-29-17-10-19-32(33(29)35)34(36,37)38)24-31(26-12-5-3-6-13-26)27-14-7-4-8-15-27/h3-10,12-19,22,25,31H,11,20-21,23-24H2,1-2H3. The van der Waals surface area contributed by atoms with E-state index in [1.165, 1.54) is 11.6 Å². The molecule has 2 nitrogen and oxygen atoms in total. The van der Waals surface area contributed by atoms with Crippen LogP contribution in [0.2, 0.25) is 5.02 Å². The Morgan fingerprint density at radius 3 is 1.98 bits per heavy atom. The van der Waals surface area contributed by atoms with Crippen molar-refractivity contribution in [2.45, 2.75) is 44.8 Å². The van der Waals surface area contributed by atoms with Crippen LogP contribution in [0.1, 0.15) is 59.9 Å². The summed E-state index contributed by atoms with van der Waals surface area (Å²) in [6.07, 6.45) is -3.80. The number of benzene rings is 4. The Morgan fingerprint density at radius 2 is 1.38 bits per heavy atom. The fraction of sp³-hybridized carbons (Fsp3) is 0.294. The van der Waals surface area contributed by atoms with Crippen molar-refractivity contribution < 1.29 is 17.9 Å². The first-order valence-electron chi connectivity index (χ1n) is 13.6. The molecule has 4 aromatic rings. The highest BCUT2D eigenvalue weighted by atomic mass is 35.5. The number of halogens is 4. The molecule has 4 aromatic carbocycles. The average Bonchev–Trinajstić information content (AvgIpc) is 2.95. The third kappa shape index (κ3) is 8.12. The van der Waals surface area contributed by atoms with Crippen molar-refractivity contribution in [1.82, 2.24) is 4.90 Å². The van der Waals surface area contributed by atoms with Gasteiger partial charge in [0.05, 0.1) is 17.2 Å². The largest absolute Gasteiger partial charge is 0.494 e. The predicted octanol–water partition coefficient (Wildman–Crippen LogP) is 9.59. The molecule has 0 saturated heterocycles. The van der Waals surface area contributed by atoms with Gasteiger partial charge in [-0.15, -0.1) is 0 Å². The molecule has 0 aliphatic carbocycles. The minimum atomic E-state index is -4.51. The summed E-state index contributed by atoms with van der Waals surface area (Å²) in [4.78, 5) is 2.18. The highest BCUT2D eigenvalue weighted by molar-refractivity contribution is 6.32. The molecule has 0 unspecified atom stereocenters. The zero-order valence-electron chi connectivity index (χ0n) is 22.9. The van der Waals surface area contributed by atoms with Crippen LogP contribution in [-0.2, 0) is 12.7 Å². The highest BCUT2D eigenvalue weighted by Crippen LogP contribution is 2.37. The summed E-state index contributed by atoms with van der Waals surface area (Å²) < 4.78 is 46.8. The van der Waals surface area contributed by atoms with Crippen LogP contribution in [0.5, 0.6) is 5.75 Å². The molecule has 0 N–H and O–H groups in total. The Bertz CT molecular complexity index is 1300. The van der Waals surface area contributed by atoms with Gasteiger partial charge in [0, 0.05) is 25.6 Å². The molecule has 40 heavy (non-hydrogen) atoms. The van der Waals surface area contributed by atoms with Crippen LogP contribution in [0.4, 0.5) is 13.2 Å². The topological polar surface area (TPSA) is 12.5 Å². The zero-order chi connectivity index (χ0) is 28.5. The van der Waals surface area contributed by atoms with Gasteiger partial charge in [-0.05, 0) is 52.8 Å². The fourth-order valence-corrected chi connectivity index (χ4v) is 5.16. The van der Waals surface area contributed by atoms with Gasteiger partial charge in [0.15, 0.2) is 0 Å². The third-order valence-corrected chi connectivity index (χ3v) is 7.48. The van der Waals surface area contributed by atoms with E-state index in [1.807, 2.05) is 48.5 Å². The molecule has 0 aromatic heterocycles. The third-order valence-electron chi connectivity index (χ3n) is 7.03. The second kappa shape index (κ2) is 13.9. The summed E-state index contributed by atoms with van der Waals surface area (Å²) in [7, 11) is 0. The number of alkyl halides is 3. The molecular weight excluding hydrogens is 531 g/mol. The second-order valence-electron chi connectivity index (χ2n) is 10.3. The summed E-state index contributed by atoms with van der Waals surface area (Å²) in [6, 6.07) is 32.6. The summed E-state index contributed by atoms with van der Waals surface area (Å²) in [5.41, 5.74) is 3.17. The lowest BCUT2D eigenvalue weighted by Crippen LogP contribution is -2.31. The number of rotatable bonds is 12. The molecule has 210 valence electrons. The first-order chi connectivity index (χ1) is 19.2. The van der Waals surface area contributed by atoms with Crippen molar-refractivity contribution in [2.24, 2.45) is 0 Å². The first-order valence-corrected chi connectivity index (χ1v) is 14.0. The van der Waals surface area contributed by atoms with Gasteiger partial charge in [-0.1, -0.05) is 110 Å². The van der Waals surface area contributed by atoms with E-state index < -0.39 is 11.7 Å². The molecule has 0 spiro atoms. The van der Waals surface area contributed by atoms with E-state index in [-0.39, 0.29) is 10.9 Å². The summed E-state index contributed by atoms with van der Waals surface area (Å²) in [5, 5.41) is -0.238. The molecule has 0 fully saturated rings. The number of hydrogen-bond donors (Lipinski definition) is 0. The van der Waals surface area contributed by atoms with Crippen LogP contribution in [0.3, 0.4) is 0 Å². The molecule has 4 rings (SSSR count). The Hall–Kier alpha value is -3.28. The van der Waals surface area contributed by atoms with Crippen LogP contribution in [0, 0.1) is 0 Å². The van der Waals surface area contributed by atoms with Crippen LogP contribution in [0.15, 0.2) is 103 Å². The SMILES string of the molecule is CC(C)c1cccc(OCCCN(Cc2cccc(C(F)(F)F)c2Cl)CC(c2ccccc2)c2ccccc2)c1. The normalized spacial score (nSPS) is 11.9. The maximum Gasteiger partial charge on any atom is 0.417 e. The van der Waals surface area contributed by atoms with Crippen molar-refractivity contribution in [2.75, 3.05) is 19.7 Å². The van der Waals surface area contributed by atoms with E-state index in [0.717, 1.165) is 22.9 Å². The summed E-state index contributed by atoms with van der Waals surface area (Å²) in [5.74, 6) is 1.27. The Balaban J connectivity index is 1.56. The van der Waals surface area contributed by atoms with Crippen LogP contribution in [-0.4, -0.2) is 24.6 Å². The smallest absolute Gasteiger partial charge is 0.417 e. The maximum atomic E-state index is 13.6. The van der Waals surface area contributed by atoms with E-state index in [0.29, 0.717) is 44.1 Å². The van der Waals surface area contributed by atoms with E-state index >= 15 is 0 Å². The molecule has 6 heteroatoms. The van der Waals surface area contributed by atoms with Gasteiger partial charge in [0.2, 0.25) is 0 Å². The summed E-state index contributed by atoms with van der Waals surface area (Å²) in [6.45, 7) is 6.32. The van der Waals surface area contributed by atoms with Gasteiger partial charge in [0.1, 0.15) is 5.75 Å². The van der Waals surface area contributed by atoms with Crippen LogP contribution in [0.25, 0.3) is 0 Å². The molecule has 0 atom stereocenters. The molecule has 0 aliphatic rings. The zero-order valence-corrected chi connectivity index (χ0v) is 23.6. The molecule has 0 aliphatic heterocycles. The van der Waals surface area contributed by atoms with Crippen molar-refractivity contribution in [3.05, 3.63) is 136 Å². The lowest BCUT2D eigenvalue weighted by atomic mass is 9.90. The second-order valence-corrected chi connectivity index (χ2v) is 10.7. The Morgan fingerprint density at radius 1 is 0.775 bits per heavy atom. The van der Waals surface area contributed by atoms with E-state index in [4.69, 9.17) is 16.3 Å².